The molecule has 0 aliphatic heterocycles. The lowest BCUT2D eigenvalue weighted by Gasteiger charge is -2.25. The highest BCUT2D eigenvalue weighted by Gasteiger charge is 2.18. The Morgan fingerprint density at radius 3 is 2.20 bits per heavy atom. The van der Waals surface area contributed by atoms with Crippen molar-refractivity contribution in [3.63, 3.8) is 0 Å². The van der Waals surface area contributed by atoms with E-state index in [1.165, 1.54) is 13.0 Å². The van der Waals surface area contributed by atoms with Crippen LogP contribution in [0.15, 0.2) is 12.7 Å². The van der Waals surface area contributed by atoms with Crippen molar-refractivity contribution in [1.82, 2.24) is 5.32 Å². The number of rotatable bonds is 7. The molecule has 0 rings (SSSR count). The van der Waals surface area contributed by atoms with E-state index < -0.39 is 10.4 Å². The predicted octanol–water partition coefficient (Wildman–Crippen LogP) is 1.02. The van der Waals surface area contributed by atoms with Gasteiger partial charge in [0.2, 0.25) is 5.91 Å². The standard InChI is InChI=1S/C10H20N2O.C2H6O4S/c1-5-8(7-10(3,4)11)12-9(13)6-2;1-2-6-7(3,4)5/h6,8H,2,5,7,11H2,1,3-4H3,(H,12,13);2H2,1H3,(H,3,4,5). The molecule has 0 heterocycles. The van der Waals surface area contributed by atoms with Crippen LogP contribution in [0, 0.1) is 0 Å². The van der Waals surface area contributed by atoms with E-state index in [1.54, 1.807) is 0 Å². The summed E-state index contributed by atoms with van der Waals surface area (Å²) in [5.41, 5.74) is 5.61. The van der Waals surface area contributed by atoms with Gasteiger partial charge in [-0.3, -0.25) is 9.35 Å². The number of hydrogen-bond donors (Lipinski definition) is 3. The van der Waals surface area contributed by atoms with Crippen molar-refractivity contribution in [3.8, 4) is 0 Å². The molecule has 1 unspecified atom stereocenters. The average Bonchev–Trinajstić information content (AvgIpc) is 2.25. The normalized spacial score (nSPS) is 12.9. The molecule has 0 aromatic rings. The van der Waals surface area contributed by atoms with E-state index in [0.29, 0.717) is 0 Å². The fourth-order valence-corrected chi connectivity index (χ4v) is 1.64. The van der Waals surface area contributed by atoms with Gasteiger partial charge in [-0.2, -0.15) is 8.42 Å². The molecule has 0 aromatic carbocycles. The first-order chi connectivity index (χ1) is 8.95. The summed E-state index contributed by atoms with van der Waals surface area (Å²) in [4.78, 5) is 11.0. The maximum Gasteiger partial charge on any atom is 0.397 e. The van der Waals surface area contributed by atoms with Crippen molar-refractivity contribution in [1.29, 1.82) is 0 Å². The van der Waals surface area contributed by atoms with Gasteiger partial charge in [0.25, 0.3) is 0 Å². The van der Waals surface area contributed by atoms with Crippen LogP contribution in [0.2, 0.25) is 0 Å². The molecular formula is C12H26N2O5S. The van der Waals surface area contributed by atoms with Crippen molar-refractivity contribution < 1.29 is 21.9 Å². The van der Waals surface area contributed by atoms with Gasteiger partial charge in [0, 0.05) is 11.6 Å². The third kappa shape index (κ3) is 17.0. The lowest BCUT2D eigenvalue weighted by atomic mass is 9.95. The van der Waals surface area contributed by atoms with Gasteiger partial charge >= 0.3 is 10.4 Å². The molecule has 0 aromatic heterocycles. The quantitative estimate of drug-likeness (QED) is 0.477. The number of carbonyl (C=O) groups excluding carboxylic acids is 1. The minimum absolute atomic E-state index is 0.0289. The summed E-state index contributed by atoms with van der Waals surface area (Å²) in [6.45, 7) is 10.8. The van der Waals surface area contributed by atoms with E-state index in [2.05, 4.69) is 16.1 Å². The van der Waals surface area contributed by atoms with Gasteiger partial charge < -0.3 is 11.1 Å². The van der Waals surface area contributed by atoms with Crippen molar-refractivity contribution in [3.05, 3.63) is 12.7 Å². The largest absolute Gasteiger partial charge is 0.397 e. The molecule has 0 bridgehead atoms. The Kier molecular flexibility index (Phi) is 10.5. The molecule has 0 fully saturated rings. The first-order valence-corrected chi connectivity index (χ1v) is 7.65. The monoisotopic (exact) mass is 310 g/mol. The lowest BCUT2D eigenvalue weighted by molar-refractivity contribution is -0.117. The van der Waals surface area contributed by atoms with Gasteiger partial charge in [-0.1, -0.05) is 13.5 Å². The van der Waals surface area contributed by atoms with Gasteiger partial charge in [0.1, 0.15) is 0 Å². The van der Waals surface area contributed by atoms with Crippen LogP contribution in [0.1, 0.15) is 40.5 Å². The van der Waals surface area contributed by atoms with Crippen LogP contribution in [-0.4, -0.2) is 37.1 Å². The average molecular weight is 310 g/mol. The van der Waals surface area contributed by atoms with Gasteiger partial charge in [0.05, 0.1) is 6.61 Å². The van der Waals surface area contributed by atoms with Gasteiger partial charge in [-0.25, -0.2) is 4.18 Å². The molecule has 4 N–H and O–H groups in total. The van der Waals surface area contributed by atoms with Crippen LogP contribution in [0.3, 0.4) is 0 Å². The Balaban J connectivity index is 0. The maximum atomic E-state index is 11.0. The van der Waals surface area contributed by atoms with E-state index in [-0.39, 0.29) is 24.1 Å². The molecule has 1 amide bonds. The zero-order valence-corrected chi connectivity index (χ0v) is 13.4. The molecular weight excluding hydrogens is 284 g/mol. The van der Waals surface area contributed by atoms with Crippen molar-refractivity contribution in [2.75, 3.05) is 6.61 Å². The van der Waals surface area contributed by atoms with Gasteiger partial charge in [0.15, 0.2) is 0 Å². The molecule has 0 aliphatic carbocycles. The predicted molar refractivity (Wildman–Crippen MR) is 78.5 cm³/mol. The van der Waals surface area contributed by atoms with Crippen molar-refractivity contribution in [2.45, 2.75) is 52.1 Å². The zero-order chi connectivity index (χ0) is 16.4. The molecule has 0 saturated heterocycles. The second-order valence-corrected chi connectivity index (χ2v) is 5.94. The van der Waals surface area contributed by atoms with Crippen molar-refractivity contribution in [2.24, 2.45) is 5.73 Å². The Morgan fingerprint density at radius 1 is 1.50 bits per heavy atom. The highest BCUT2D eigenvalue weighted by Crippen LogP contribution is 2.09. The first kappa shape index (κ1) is 21.3. The van der Waals surface area contributed by atoms with Crippen LogP contribution >= 0.6 is 0 Å². The Hall–Kier alpha value is -0.960. The molecule has 120 valence electrons. The van der Waals surface area contributed by atoms with Crippen LogP contribution in [-0.2, 0) is 19.4 Å². The Morgan fingerprint density at radius 2 is 2.00 bits per heavy atom. The van der Waals surface area contributed by atoms with E-state index >= 15 is 0 Å². The summed E-state index contributed by atoms with van der Waals surface area (Å²) in [6, 6.07) is 0.144. The molecule has 8 heteroatoms. The number of carbonyl (C=O) groups is 1. The summed E-state index contributed by atoms with van der Waals surface area (Å²) >= 11 is 0. The molecule has 0 saturated carbocycles. The number of nitrogens with two attached hydrogens (primary N) is 1. The van der Waals surface area contributed by atoms with E-state index in [1.807, 2.05) is 20.8 Å². The van der Waals surface area contributed by atoms with Gasteiger partial charge in [-0.15, -0.1) is 0 Å². The summed E-state index contributed by atoms with van der Waals surface area (Å²) in [6.07, 6.45) is 2.95. The SMILES string of the molecule is C=CC(=O)NC(CC)CC(C)(C)N.CCOS(=O)(=O)O. The van der Waals surface area contributed by atoms with Crippen LogP contribution in [0.5, 0.6) is 0 Å². The van der Waals surface area contributed by atoms with Crippen LogP contribution in [0.4, 0.5) is 0 Å². The Labute approximate surface area is 121 Å². The van der Waals surface area contributed by atoms with E-state index in [0.717, 1.165) is 12.8 Å². The fraction of sp³-hybridized carbons (Fsp3) is 0.750. The third-order valence-electron chi connectivity index (χ3n) is 2.06. The summed E-state index contributed by atoms with van der Waals surface area (Å²) in [5, 5.41) is 2.84. The zero-order valence-electron chi connectivity index (χ0n) is 12.5. The number of nitrogens with one attached hydrogen (secondary N) is 1. The molecule has 1 atom stereocenters. The molecule has 7 nitrogen and oxygen atoms in total. The Bertz CT molecular complexity index is 387. The molecule has 0 aliphatic rings. The maximum absolute atomic E-state index is 11.0. The lowest BCUT2D eigenvalue weighted by Crippen LogP contribution is -2.43. The minimum atomic E-state index is -4.17. The number of hydrogen-bond acceptors (Lipinski definition) is 5. The molecule has 0 radical (unpaired) electrons. The third-order valence-corrected chi connectivity index (χ3v) is 2.60. The highest BCUT2D eigenvalue weighted by atomic mass is 32.3. The molecule has 20 heavy (non-hydrogen) atoms. The minimum Gasteiger partial charge on any atom is -0.350 e. The second kappa shape index (κ2) is 9.87. The summed E-state index contributed by atoms with van der Waals surface area (Å²) < 4.78 is 30.7. The topological polar surface area (TPSA) is 119 Å². The highest BCUT2D eigenvalue weighted by molar-refractivity contribution is 7.80. The smallest absolute Gasteiger partial charge is 0.350 e. The van der Waals surface area contributed by atoms with E-state index in [4.69, 9.17) is 10.3 Å². The van der Waals surface area contributed by atoms with Gasteiger partial charge in [-0.05, 0) is 39.7 Å². The number of amides is 1. The summed E-state index contributed by atoms with van der Waals surface area (Å²) in [7, 11) is -4.17. The first-order valence-electron chi connectivity index (χ1n) is 6.28. The van der Waals surface area contributed by atoms with Crippen molar-refractivity contribution >= 4 is 16.3 Å². The van der Waals surface area contributed by atoms with Crippen LogP contribution < -0.4 is 11.1 Å². The second-order valence-electron chi connectivity index (χ2n) is 4.84. The van der Waals surface area contributed by atoms with Crippen LogP contribution in [0.25, 0.3) is 0 Å². The van der Waals surface area contributed by atoms with E-state index in [9.17, 15) is 13.2 Å². The summed E-state index contributed by atoms with van der Waals surface area (Å²) in [5.74, 6) is -0.129. The fourth-order valence-electron chi connectivity index (χ4n) is 1.34. The molecule has 0 spiro atoms.